The number of aryl methyl sites for hydroxylation is 1. The van der Waals surface area contributed by atoms with E-state index in [0.29, 0.717) is 0 Å². The maximum absolute atomic E-state index is 14.5. The summed E-state index contributed by atoms with van der Waals surface area (Å²) in [6.45, 7) is 4.05. The fourth-order valence-corrected chi connectivity index (χ4v) is 3.80. The molecule has 0 spiro atoms. The van der Waals surface area contributed by atoms with Crippen LogP contribution in [0.15, 0.2) is 36.4 Å². The topological polar surface area (TPSA) is 29.5 Å². The Kier molecular flexibility index (Phi) is 4.91. The molecule has 1 aliphatic rings. The van der Waals surface area contributed by atoms with Gasteiger partial charge in [0.25, 0.3) is 0 Å². The summed E-state index contributed by atoms with van der Waals surface area (Å²) in [6.07, 6.45) is 0.874. The number of carbonyl (C=O) groups is 1. The Balaban J connectivity index is 2.14. The van der Waals surface area contributed by atoms with Gasteiger partial charge in [-0.2, -0.15) is 0 Å². The van der Waals surface area contributed by atoms with E-state index in [1.54, 1.807) is 13.0 Å². The first-order valence-corrected chi connectivity index (χ1v) is 8.66. The Hall–Kier alpha value is -2.20. The highest BCUT2D eigenvalue weighted by molar-refractivity contribution is 5.90. The van der Waals surface area contributed by atoms with Crippen LogP contribution in [0.4, 0.5) is 4.39 Å². The SMILES string of the molecule is CCOC(=O)c1cc2c(cc1F)[C@H](N(C)C)C[C@@H]2c1ccccc1C. The number of carbonyl (C=O) groups excluding carboxylic acids is 1. The fourth-order valence-electron chi connectivity index (χ4n) is 3.80. The molecule has 0 aliphatic heterocycles. The number of hydrogen-bond donors (Lipinski definition) is 0. The summed E-state index contributed by atoms with van der Waals surface area (Å²) < 4.78 is 19.6. The van der Waals surface area contributed by atoms with Crippen molar-refractivity contribution in [3.63, 3.8) is 0 Å². The number of rotatable bonds is 4. The second-order valence-electron chi connectivity index (χ2n) is 6.81. The molecular weight excluding hydrogens is 317 g/mol. The highest BCUT2D eigenvalue weighted by Crippen LogP contribution is 2.47. The Morgan fingerprint density at radius 2 is 1.92 bits per heavy atom. The molecule has 0 saturated carbocycles. The van der Waals surface area contributed by atoms with Crippen molar-refractivity contribution in [2.75, 3.05) is 20.7 Å². The standard InChI is InChI=1S/C21H24FNO2/c1-5-25-21(24)18-10-15-16(14-9-7-6-8-13(14)2)12-20(23(3)4)17(15)11-19(18)22/h6-11,16,20H,5,12H2,1-4H3/t16-,20-/m1/s1. The van der Waals surface area contributed by atoms with E-state index in [1.807, 2.05) is 26.2 Å². The molecule has 0 amide bonds. The molecule has 3 nitrogen and oxygen atoms in total. The van der Waals surface area contributed by atoms with E-state index < -0.39 is 11.8 Å². The van der Waals surface area contributed by atoms with Crippen LogP contribution in [0, 0.1) is 12.7 Å². The monoisotopic (exact) mass is 341 g/mol. The van der Waals surface area contributed by atoms with E-state index in [0.717, 1.165) is 17.5 Å². The maximum atomic E-state index is 14.5. The van der Waals surface area contributed by atoms with E-state index in [1.165, 1.54) is 17.2 Å². The van der Waals surface area contributed by atoms with Gasteiger partial charge in [-0.05, 0) is 68.8 Å². The summed E-state index contributed by atoms with van der Waals surface area (Å²) in [5, 5.41) is 0. The summed E-state index contributed by atoms with van der Waals surface area (Å²) in [6, 6.07) is 11.6. The normalized spacial score (nSPS) is 19.1. The van der Waals surface area contributed by atoms with Crippen molar-refractivity contribution < 1.29 is 13.9 Å². The van der Waals surface area contributed by atoms with E-state index >= 15 is 0 Å². The van der Waals surface area contributed by atoms with Gasteiger partial charge >= 0.3 is 5.97 Å². The van der Waals surface area contributed by atoms with Crippen molar-refractivity contribution in [2.24, 2.45) is 0 Å². The Morgan fingerprint density at radius 3 is 2.56 bits per heavy atom. The Morgan fingerprint density at radius 1 is 1.20 bits per heavy atom. The van der Waals surface area contributed by atoms with Gasteiger partial charge in [0.2, 0.25) is 0 Å². The van der Waals surface area contributed by atoms with Crippen LogP contribution < -0.4 is 0 Å². The van der Waals surface area contributed by atoms with Crippen LogP contribution in [0.3, 0.4) is 0 Å². The highest BCUT2D eigenvalue weighted by Gasteiger charge is 2.35. The second kappa shape index (κ2) is 6.96. The molecule has 2 atom stereocenters. The lowest BCUT2D eigenvalue weighted by Crippen LogP contribution is -2.18. The molecule has 2 aromatic carbocycles. The molecule has 0 heterocycles. The van der Waals surface area contributed by atoms with Crippen LogP contribution in [0.25, 0.3) is 0 Å². The van der Waals surface area contributed by atoms with Gasteiger partial charge in [0.15, 0.2) is 0 Å². The van der Waals surface area contributed by atoms with Crippen molar-refractivity contribution in [3.05, 3.63) is 70.0 Å². The zero-order valence-corrected chi connectivity index (χ0v) is 15.2. The number of ether oxygens (including phenoxy) is 1. The fraction of sp³-hybridized carbons (Fsp3) is 0.381. The van der Waals surface area contributed by atoms with Gasteiger partial charge in [0.1, 0.15) is 5.82 Å². The summed E-state index contributed by atoms with van der Waals surface area (Å²) >= 11 is 0. The molecule has 4 heteroatoms. The zero-order chi connectivity index (χ0) is 18.1. The lowest BCUT2D eigenvalue weighted by molar-refractivity contribution is 0.0521. The van der Waals surface area contributed by atoms with Crippen molar-refractivity contribution in [3.8, 4) is 0 Å². The van der Waals surface area contributed by atoms with Crippen LogP contribution in [0.1, 0.15) is 57.9 Å². The Bertz CT molecular complexity index is 800. The van der Waals surface area contributed by atoms with Crippen molar-refractivity contribution >= 4 is 5.97 Å². The minimum absolute atomic E-state index is 0.0265. The zero-order valence-electron chi connectivity index (χ0n) is 15.2. The minimum Gasteiger partial charge on any atom is -0.462 e. The first-order valence-electron chi connectivity index (χ1n) is 8.66. The van der Waals surface area contributed by atoms with Gasteiger partial charge in [-0.1, -0.05) is 24.3 Å². The average molecular weight is 341 g/mol. The highest BCUT2D eigenvalue weighted by atomic mass is 19.1. The molecule has 1 aliphatic carbocycles. The van der Waals surface area contributed by atoms with E-state index in [9.17, 15) is 9.18 Å². The van der Waals surface area contributed by atoms with E-state index in [-0.39, 0.29) is 24.1 Å². The van der Waals surface area contributed by atoms with Crippen LogP contribution >= 0.6 is 0 Å². The van der Waals surface area contributed by atoms with Crippen LogP contribution in [0.5, 0.6) is 0 Å². The molecule has 2 aromatic rings. The molecule has 0 unspecified atom stereocenters. The molecule has 132 valence electrons. The maximum Gasteiger partial charge on any atom is 0.341 e. The van der Waals surface area contributed by atoms with Gasteiger partial charge in [-0.25, -0.2) is 9.18 Å². The van der Waals surface area contributed by atoms with Crippen LogP contribution in [0.2, 0.25) is 0 Å². The third-order valence-corrected chi connectivity index (χ3v) is 5.05. The Labute approximate surface area is 148 Å². The van der Waals surface area contributed by atoms with Gasteiger partial charge < -0.3 is 9.64 Å². The number of hydrogen-bond acceptors (Lipinski definition) is 3. The predicted octanol–water partition coefficient (Wildman–Crippen LogP) is 4.45. The van der Waals surface area contributed by atoms with Crippen LogP contribution in [-0.2, 0) is 4.74 Å². The molecular formula is C21H24FNO2. The van der Waals surface area contributed by atoms with E-state index in [4.69, 9.17) is 4.74 Å². The lowest BCUT2D eigenvalue weighted by atomic mass is 9.89. The second-order valence-corrected chi connectivity index (χ2v) is 6.81. The van der Waals surface area contributed by atoms with Crippen molar-refractivity contribution in [1.29, 1.82) is 0 Å². The minimum atomic E-state index is -0.598. The largest absolute Gasteiger partial charge is 0.462 e. The summed E-state index contributed by atoms with van der Waals surface area (Å²) in [5.41, 5.74) is 4.45. The number of benzene rings is 2. The first-order chi connectivity index (χ1) is 11.9. The molecule has 3 rings (SSSR count). The van der Waals surface area contributed by atoms with Crippen LogP contribution in [-0.4, -0.2) is 31.6 Å². The quantitative estimate of drug-likeness (QED) is 0.770. The molecule has 0 aromatic heterocycles. The first kappa shape index (κ1) is 17.6. The molecule has 0 radical (unpaired) electrons. The summed E-state index contributed by atoms with van der Waals surface area (Å²) in [4.78, 5) is 14.2. The molecule has 0 saturated heterocycles. The number of esters is 1. The molecule has 0 bridgehead atoms. The number of nitrogens with zero attached hydrogens (tertiary/aromatic N) is 1. The third kappa shape index (κ3) is 3.19. The van der Waals surface area contributed by atoms with Crippen molar-refractivity contribution in [2.45, 2.75) is 32.2 Å². The van der Waals surface area contributed by atoms with Gasteiger partial charge in [0, 0.05) is 12.0 Å². The van der Waals surface area contributed by atoms with Crippen molar-refractivity contribution in [1.82, 2.24) is 4.90 Å². The molecule has 0 fully saturated rings. The lowest BCUT2D eigenvalue weighted by Gasteiger charge is -2.21. The van der Waals surface area contributed by atoms with Gasteiger partial charge in [0.05, 0.1) is 12.2 Å². The summed E-state index contributed by atoms with van der Waals surface area (Å²) in [7, 11) is 4.01. The number of fused-ring (bicyclic) bond motifs is 1. The molecule has 0 N–H and O–H groups in total. The van der Waals surface area contributed by atoms with E-state index in [2.05, 4.69) is 24.0 Å². The van der Waals surface area contributed by atoms with Gasteiger partial charge in [-0.15, -0.1) is 0 Å². The van der Waals surface area contributed by atoms with Gasteiger partial charge in [-0.3, -0.25) is 0 Å². The molecule has 25 heavy (non-hydrogen) atoms. The predicted molar refractivity (Wildman–Crippen MR) is 96.4 cm³/mol. The summed E-state index contributed by atoms with van der Waals surface area (Å²) in [5.74, 6) is -0.952. The number of halogens is 1. The smallest absolute Gasteiger partial charge is 0.341 e. The third-order valence-electron chi connectivity index (χ3n) is 5.05. The average Bonchev–Trinajstić information content (AvgIpc) is 2.93.